The molecule has 0 atom stereocenters. The van der Waals surface area contributed by atoms with Gasteiger partial charge in [0, 0.05) is 25.4 Å². The lowest BCUT2D eigenvalue weighted by molar-refractivity contribution is 0.0683. The summed E-state index contributed by atoms with van der Waals surface area (Å²) < 4.78 is 7.22. The molecule has 3 aromatic rings. The van der Waals surface area contributed by atoms with Crippen LogP contribution in [0, 0.1) is 6.92 Å². The van der Waals surface area contributed by atoms with E-state index in [1.54, 1.807) is 15.6 Å². The highest BCUT2D eigenvalue weighted by Crippen LogP contribution is 2.25. The van der Waals surface area contributed by atoms with E-state index >= 15 is 0 Å². The predicted octanol–water partition coefficient (Wildman–Crippen LogP) is 2.35. The first kappa shape index (κ1) is 17.1. The first-order valence-corrected chi connectivity index (χ1v) is 8.70. The van der Waals surface area contributed by atoms with Crippen molar-refractivity contribution in [2.24, 2.45) is 0 Å². The highest BCUT2D eigenvalue weighted by atomic mass is 16.4. The third-order valence-corrected chi connectivity index (χ3v) is 4.78. The van der Waals surface area contributed by atoms with Crippen LogP contribution >= 0.6 is 0 Å². The molecule has 0 radical (unpaired) electrons. The maximum Gasteiger partial charge on any atom is 0.338 e. The number of carbonyl (C=O) groups excluding carboxylic acids is 1. The quantitative estimate of drug-likeness (QED) is 0.729. The number of carboxylic acid groups (broad SMARTS) is 1. The number of aryl methyl sites for hydroxylation is 1. The summed E-state index contributed by atoms with van der Waals surface area (Å²) in [6.45, 7) is 2.98. The number of aromatic amines is 1. The van der Waals surface area contributed by atoms with Crippen molar-refractivity contribution < 1.29 is 19.1 Å². The third kappa shape index (κ3) is 3.35. The lowest BCUT2D eigenvalue weighted by Crippen LogP contribution is -2.39. The van der Waals surface area contributed by atoms with Crippen LogP contribution in [0.3, 0.4) is 0 Å². The molecule has 1 saturated heterocycles. The zero-order valence-electron chi connectivity index (χ0n) is 14.8. The summed E-state index contributed by atoms with van der Waals surface area (Å²) in [7, 11) is 0. The molecule has 1 aliphatic rings. The van der Waals surface area contributed by atoms with Crippen molar-refractivity contribution in [3.05, 3.63) is 47.6 Å². The van der Waals surface area contributed by atoms with Crippen molar-refractivity contribution in [3.8, 4) is 11.5 Å². The number of carboxylic acids is 1. The number of aromatic nitrogens is 4. The normalized spacial score (nSPS) is 15.2. The van der Waals surface area contributed by atoms with Crippen LogP contribution in [0.4, 0.5) is 0 Å². The van der Waals surface area contributed by atoms with Crippen LogP contribution in [0.15, 0.2) is 35.0 Å². The van der Waals surface area contributed by atoms with E-state index in [4.69, 9.17) is 9.52 Å². The maximum absolute atomic E-state index is 12.7. The highest BCUT2D eigenvalue weighted by molar-refractivity contribution is 5.93. The van der Waals surface area contributed by atoms with Crippen LogP contribution < -0.4 is 0 Å². The Morgan fingerprint density at radius 3 is 2.70 bits per heavy atom. The molecule has 4 heterocycles. The Bertz CT molecular complexity index is 977. The van der Waals surface area contributed by atoms with Gasteiger partial charge in [-0.1, -0.05) is 0 Å². The summed E-state index contributed by atoms with van der Waals surface area (Å²) in [4.78, 5) is 25.4. The number of likely N-dealkylation sites (tertiary alicyclic amines) is 1. The lowest BCUT2D eigenvalue weighted by Gasteiger charge is -2.31. The lowest BCUT2D eigenvalue weighted by atomic mass is 10.0. The minimum Gasteiger partial charge on any atom is -0.478 e. The van der Waals surface area contributed by atoms with Crippen molar-refractivity contribution in [2.45, 2.75) is 25.8 Å². The largest absolute Gasteiger partial charge is 0.478 e. The number of nitrogens with one attached hydrogen (secondary N) is 1. The zero-order chi connectivity index (χ0) is 19.0. The Morgan fingerprint density at radius 2 is 2.07 bits per heavy atom. The van der Waals surface area contributed by atoms with Crippen LogP contribution in [0.1, 0.15) is 45.5 Å². The second kappa shape index (κ2) is 6.75. The fourth-order valence-electron chi connectivity index (χ4n) is 3.28. The van der Waals surface area contributed by atoms with Gasteiger partial charge in [-0.05, 0) is 31.9 Å². The summed E-state index contributed by atoms with van der Waals surface area (Å²) in [5.41, 5.74) is 1.19. The molecule has 0 aromatic carbocycles. The molecule has 0 unspecified atom stereocenters. The molecule has 9 heteroatoms. The number of piperidine rings is 1. The summed E-state index contributed by atoms with van der Waals surface area (Å²) in [6.07, 6.45) is 4.31. The Labute approximate surface area is 154 Å². The molecule has 140 valence electrons. The Morgan fingerprint density at radius 1 is 1.30 bits per heavy atom. The molecule has 4 rings (SSSR count). The Balaban J connectivity index is 1.40. The van der Waals surface area contributed by atoms with E-state index in [2.05, 4.69) is 15.3 Å². The average Bonchev–Trinajstić information content (AvgIpc) is 3.41. The fraction of sp³-hybridized carbons (Fsp3) is 0.333. The standard InChI is InChI=1S/C18H19N5O4/c1-11-2-3-16(27-11)14-8-15(21-20-14)17(24)22-6-4-13(5-7-22)23-10-12(9-19-23)18(25)26/h2-3,8-10,13H,4-7H2,1H3,(H,20,21)(H,25,26). The van der Waals surface area contributed by atoms with Gasteiger partial charge >= 0.3 is 5.97 Å². The summed E-state index contributed by atoms with van der Waals surface area (Å²) in [5, 5.41) is 20.1. The van der Waals surface area contributed by atoms with Crippen LogP contribution in [0.25, 0.3) is 11.5 Å². The molecule has 1 fully saturated rings. The van der Waals surface area contributed by atoms with Gasteiger partial charge in [-0.2, -0.15) is 10.2 Å². The molecule has 0 saturated carbocycles. The number of H-pyrrole nitrogens is 1. The van der Waals surface area contributed by atoms with Gasteiger partial charge in [0.05, 0.1) is 17.8 Å². The van der Waals surface area contributed by atoms with Crippen LogP contribution in [-0.2, 0) is 0 Å². The second-order valence-electron chi connectivity index (χ2n) is 6.61. The van der Waals surface area contributed by atoms with Gasteiger partial charge in [0.1, 0.15) is 11.5 Å². The summed E-state index contributed by atoms with van der Waals surface area (Å²) in [5.74, 6) is 0.311. The number of hydrogen-bond donors (Lipinski definition) is 2. The number of aromatic carboxylic acids is 1. The van der Waals surface area contributed by atoms with E-state index in [-0.39, 0.29) is 17.5 Å². The van der Waals surface area contributed by atoms with Gasteiger partial charge in [0.2, 0.25) is 0 Å². The van der Waals surface area contributed by atoms with Gasteiger partial charge in [-0.25, -0.2) is 4.79 Å². The molecule has 9 nitrogen and oxygen atoms in total. The zero-order valence-corrected chi connectivity index (χ0v) is 14.8. The molecule has 0 aliphatic carbocycles. The molecule has 3 aromatic heterocycles. The van der Waals surface area contributed by atoms with Crippen molar-refractivity contribution >= 4 is 11.9 Å². The highest BCUT2D eigenvalue weighted by Gasteiger charge is 2.27. The minimum absolute atomic E-state index is 0.0861. The number of nitrogens with zero attached hydrogens (tertiary/aromatic N) is 4. The van der Waals surface area contributed by atoms with Crippen LogP contribution in [0.5, 0.6) is 0 Å². The molecule has 2 N–H and O–H groups in total. The van der Waals surface area contributed by atoms with Gasteiger partial charge in [-0.15, -0.1) is 0 Å². The van der Waals surface area contributed by atoms with Crippen LogP contribution in [0.2, 0.25) is 0 Å². The maximum atomic E-state index is 12.7. The van der Waals surface area contributed by atoms with Gasteiger partial charge < -0.3 is 14.4 Å². The van der Waals surface area contributed by atoms with E-state index in [0.717, 1.165) is 5.76 Å². The molecule has 1 amide bonds. The monoisotopic (exact) mass is 369 g/mol. The fourth-order valence-corrected chi connectivity index (χ4v) is 3.28. The summed E-state index contributed by atoms with van der Waals surface area (Å²) >= 11 is 0. The van der Waals surface area contributed by atoms with Crippen molar-refractivity contribution in [3.63, 3.8) is 0 Å². The van der Waals surface area contributed by atoms with Crippen molar-refractivity contribution in [2.75, 3.05) is 13.1 Å². The number of carbonyl (C=O) groups is 2. The first-order chi connectivity index (χ1) is 13.0. The second-order valence-corrected chi connectivity index (χ2v) is 6.61. The topological polar surface area (TPSA) is 117 Å². The molecule has 1 aliphatic heterocycles. The van der Waals surface area contributed by atoms with E-state index in [1.807, 2.05) is 19.1 Å². The van der Waals surface area contributed by atoms with Gasteiger partial charge in [-0.3, -0.25) is 14.6 Å². The Kier molecular flexibility index (Phi) is 4.27. The number of furan rings is 1. The summed E-state index contributed by atoms with van der Waals surface area (Å²) in [6, 6.07) is 5.47. The first-order valence-electron chi connectivity index (χ1n) is 8.70. The smallest absolute Gasteiger partial charge is 0.338 e. The minimum atomic E-state index is -0.991. The molecular weight excluding hydrogens is 350 g/mol. The Hall–Kier alpha value is -3.36. The predicted molar refractivity (Wildman–Crippen MR) is 94.4 cm³/mol. The third-order valence-electron chi connectivity index (χ3n) is 4.78. The SMILES string of the molecule is Cc1ccc(-c2cc(C(=O)N3CCC(n4cc(C(=O)O)cn4)CC3)n[nH]2)o1. The molecular formula is C18H19N5O4. The van der Waals surface area contributed by atoms with E-state index in [1.165, 1.54) is 12.4 Å². The molecule has 27 heavy (non-hydrogen) atoms. The van der Waals surface area contributed by atoms with Crippen LogP contribution in [-0.4, -0.2) is 55.0 Å². The number of amides is 1. The van der Waals surface area contributed by atoms with Gasteiger partial charge in [0.25, 0.3) is 5.91 Å². The van der Waals surface area contributed by atoms with Gasteiger partial charge in [0.15, 0.2) is 11.5 Å². The van der Waals surface area contributed by atoms with Crippen molar-refractivity contribution in [1.29, 1.82) is 0 Å². The van der Waals surface area contributed by atoms with E-state index in [0.29, 0.717) is 43.1 Å². The van der Waals surface area contributed by atoms with E-state index in [9.17, 15) is 9.59 Å². The molecule has 0 bridgehead atoms. The average molecular weight is 369 g/mol. The molecule has 0 spiro atoms. The number of hydrogen-bond acceptors (Lipinski definition) is 5. The van der Waals surface area contributed by atoms with Crippen molar-refractivity contribution in [1.82, 2.24) is 24.9 Å². The van der Waals surface area contributed by atoms with E-state index < -0.39 is 5.97 Å². The number of rotatable bonds is 4.